The number of nitrogens with zero attached hydrogens (tertiary/aromatic N) is 3. The first-order valence-electron chi connectivity index (χ1n) is 6.97. The molecule has 0 atom stereocenters. The Morgan fingerprint density at radius 3 is 3.13 bits per heavy atom. The van der Waals surface area contributed by atoms with Gasteiger partial charge in [0.25, 0.3) is 0 Å². The minimum Gasteiger partial charge on any atom is -0.492 e. The third-order valence-electron chi connectivity index (χ3n) is 3.34. The number of aromatic hydroxyl groups is 1. The minimum atomic E-state index is -0.00446. The van der Waals surface area contributed by atoms with Crippen LogP contribution in [-0.4, -0.2) is 21.3 Å². The monoisotopic (exact) mass is 324 g/mol. The number of pyridine rings is 1. The summed E-state index contributed by atoms with van der Waals surface area (Å²) < 4.78 is 5.25. The van der Waals surface area contributed by atoms with E-state index in [2.05, 4.69) is 20.3 Å². The normalized spacial score (nSPS) is 14.3. The van der Waals surface area contributed by atoms with Crippen molar-refractivity contribution in [3.63, 3.8) is 0 Å². The van der Waals surface area contributed by atoms with Crippen LogP contribution in [0.2, 0.25) is 0 Å². The van der Waals surface area contributed by atoms with Crippen LogP contribution in [0.4, 0.5) is 10.9 Å². The van der Waals surface area contributed by atoms with Gasteiger partial charge in [0.15, 0.2) is 10.9 Å². The Balaban J connectivity index is 1.56. The lowest BCUT2D eigenvalue weighted by Crippen LogP contribution is -1.96. The average Bonchev–Trinajstić information content (AvgIpc) is 3.28. The molecular weight excluding hydrogens is 312 g/mol. The molecule has 0 saturated carbocycles. The van der Waals surface area contributed by atoms with Gasteiger partial charge >= 0.3 is 0 Å². The van der Waals surface area contributed by atoms with Gasteiger partial charge in [-0.25, -0.2) is 9.98 Å². The van der Waals surface area contributed by atoms with Crippen molar-refractivity contribution in [3.05, 3.63) is 52.9 Å². The van der Waals surface area contributed by atoms with E-state index < -0.39 is 0 Å². The third-order valence-corrected chi connectivity index (χ3v) is 4.29. The molecule has 4 rings (SSSR count). The summed E-state index contributed by atoms with van der Waals surface area (Å²) >= 11 is 1.37. The van der Waals surface area contributed by atoms with E-state index in [-0.39, 0.29) is 5.88 Å². The van der Waals surface area contributed by atoms with E-state index in [1.54, 1.807) is 18.7 Å². The number of aliphatic imine (C=N–C) groups is 1. The van der Waals surface area contributed by atoms with Crippen molar-refractivity contribution in [1.82, 2.24) is 9.97 Å². The quantitative estimate of drug-likeness (QED) is 0.764. The zero-order valence-electron chi connectivity index (χ0n) is 11.9. The van der Waals surface area contributed by atoms with Crippen molar-refractivity contribution >= 4 is 40.1 Å². The second-order valence-electron chi connectivity index (χ2n) is 4.87. The van der Waals surface area contributed by atoms with Crippen molar-refractivity contribution in [3.8, 4) is 5.88 Å². The fourth-order valence-corrected chi connectivity index (χ4v) is 3.06. The van der Waals surface area contributed by atoms with Crippen LogP contribution in [-0.2, 0) is 6.54 Å². The maximum Gasteiger partial charge on any atom is 0.231 e. The van der Waals surface area contributed by atoms with Crippen LogP contribution in [0.25, 0.3) is 11.6 Å². The number of thiazole rings is 1. The largest absolute Gasteiger partial charge is 0.492 e. The van der Waals surface area contributed by atoms with Gasteiger partial charge in [0.1, 0.15) is 5.76 Å². The number of aromatic nitrogens is 2. The van der Waals surface area contributed by atoms with Crippen LogP contribution in [0.15, 0.2) is 46.1 Å². The van der Waals surface area contributed by atoms with Crippen LogP contribution in [0.1, 0.15) is 16.2 Å². The second kappa shape index (κ2) is 5.69. The maximum atomic E-state index is 10.0. The molecule has 0 amide bonds. The maximum absolute atomic E-state index is 10.0. The Morgan fingerprint density at radius 1 is 1.30 bits per heavy atom. The Kier molecular flexibility index (Phi) is 3.39. The van der Waals surface area contributed by atoms with Gasteiger partial charge in [0.05, 0.1) is 17.7 Å². The summed E-state index contributed by atoms with van der Waals surface area (Å²) in [6.07, 6.45) is 6.94. The fraction of sp³-hybridized carbons (Fsp3) is 0.0625. The smallest absolute Gasteiger partial charge is 0.231 e. The van der Waals surface area contributed by atoms with Crippen LogP contribution >= 0.6 is 11.3 Å². The molecule has 4 heterocycles. The predicted molar refractivity (Wildman–Crippen MR) is 90.1 cm³/mol. The average molecular weight is 324 g/mol. The lowest BCUT2D eigenvalue weighted by Gasteiger charge is -1.97. The standard InChI is InChI=1S/C16H12N4O2S/c21-15-13(7-10-8-18-14-12(10)4-1-5-17-14)23-16(20-15)19-9-11-3-2-6-22-11/h1-8,21H,9H2,(H,19,20). The first-order valence-corrected chi connectivity index (χ1v) is 7.78. The summed E-state index contributed by atoms with van der Waals surface area (Å²) in [6.45, 7) is 0.518. The van der Waals surface area contributed by atoms with Gasteiger partial charge in [-0.2, -0.15) is 4.98 Å². The predicted octanol–water partition coefficient (Wildman–Crippen LogP) is 3.71. The highest BCUT2D eigenvalue weighted by molar-refractivity contribution is 7.16. The molecular formula is C16H12N4O2S. The molecule has 1 aliphatic heterocycles. The molecule has 3 aromatic rings. The van der Waals surface area contributed by atoms with Gasteiger partial charge in [0.2, 0.25) is 5.88 Å². The van der Waals surface area contributed by atoms with E-state index in [0.717, 1.165) is 16.9 Å². The van der Waals surface area contributed by atoms with E-state index in [1.165, 1.54) is 11.3 Å². The molecule has 0 bridgehead atoms. The summed E-state index contributed by atoms with van der Waals surface area (Å²) in [5.74, 6) is 1.50. The highest BCUT2D eigenvalue weighted by Gasteiger charge is 2.15. The van der Waals surface area contributed by atoms with Crippen LogP contribution in [0.5, 0.6) is 5.88 Å². The van der Waals surface area contributed by atoms with Gasteiger partial charge in [-0.15, -0.1) is 0 Å². The van der Waals surface area contributed by atoms with E-state index in [9.17, 15) is 5.11 Å². The SMILES string of the molecule is Oc1nc(NCc2ccco2)sc1C=C1C=Nc2ncccc21. The first-order chi connectivity index (χ1) is 11.3. The molecule has 0 aliphatic carbocycles. The molecule has 0 radical (unpaired) electrons. The summed E-state index contributed by atoms with van der Waals surface area (Å²) in [5, 5.41) is 13.8. The first kappa shape index (κ1) is 13.7. The number of furan rings is 1. The van der Waals surface area contributed by atoms with E-state index >= 15 is 0 Å². The Hall–Kier alpha value is -2.93. The number of hydrogen-bond acceptors (Lipinski definition) is 7. The fourth-order valence-electron chi connectivity index (χ4n) is 2.25. The lowest BCUT2D eigenvalue weighted by atomic mass is 10.1. The van der Waals surface area contributed by atoms with Crippen LogP contribution < -0.4 is 5.32 Å². The van der Waals surface area contributed by atoms with E-state index in [0.29, 0.717) is 22.4 Å². The molecule has 2 N–H and O–H groups in total. The molecule has 3 aromatic heterocycles. The summed E-state index contributed by atoms with van der Waals surface area (Å²) in [7, 11) is 0. The Bertz CT molecular complexity index is 897. The summed E-state index contributed by atoms with van der Waals surface area (Å²) in [6, 6.07) is 7.53. The van der Waals surface area contributed by atoms with Crippen molar-refractivity contribution in [2.45, 2.75) is 6.54 Å². The molecule has 6 nitrogen and oxygen atoms in total. The van der Waals surface area contributed by atoms with Crippen molar-refractivity contribution < 1.29 is 9.52 Å². The van der Waals surface area contributed by atoms with Gasteiger partial charge in [-0.3, -0.25) is 0 Å². The van der Waals surface area contributed by atoms with Gasteiger partial charge in [-0.1, -0.05) is 11.3 Å². The topological polar surface area (TPSA) is 83.5 Å². The van der Waals surface area contributed by atoms with Crippen LogP contribution in [0, 0.1) is 0 Å². The molecule has 1 aliphatic rings. The minimum absolute atomic E-state index is 0.00446. The number of rotatable bonds is 4. The number of nitrogens with one attached hydrogen (secondary N) is 1. The Morgan fingerprint density at radius 2 is 2.26 bits per heavy atom. The summed E-state index contributed by atoms with van der Waals surface area (Å²) in [4.78, 5) is 13.3. The molecule has 0 spiro atoms. The van der Waals surface area contributed by atoms with Gasteiger partial charge < -0.3 is 14.8 Å². The van der Waals surface area contributed by atoms with Crippen LogP contribution in [0.3, 0.4) is 0 Å². The summed E-state index contributed by atoms with van der Waals surface area (Å²) in [5.41, 5.74) is 1.86. The van der Waals surface area contributed by atoms with Crippen molar-refractivity contribution in [2.75, 3.05) is 5.32 Å². The molecule has 7 heteroatoms. The number of anilines is 1. The Labute approximate surface area is 135 Å². The molecule has 0 unspecified atom stereocenters. The third kappa shape index (κ3) is 2.74. The number of fused-ring (bicyclic) bond motifs is 1. The molecule has 114 valence electrons. The van der Waals surface area contributed by atoms with E-state index in [1.807, 2.05) is 30.3 Å². The molecule has 0 saturated heterocycles. The number of allylic oxidation sites excluding steroid dienone is 1. The van der Waals surface area contributed by atoms with Gasteiger partial charge in [-0.05, 0) is 30.3 Å². The van der Waals surface area contributed by atoms with Crippen molar-refractivity contribution in [2.24, 2.45) is 4.99 Å². The zero-order valence-corrected chi connectivity index (χ0v) is 12.7. The van der Waals surface area contributed by atoms with Gasteiger partial charge in [0, 0.05) is 23.5 Å². The number of hydrogen-bond donors (Lipinski definition) is 2. The second-order valence-corrected chi connectivity index (χ2v) is 5.90. The van der Waals surface area contributed by atoms with Crippen molar-refractivity contribution in [1.29, 1.82) is 0 Å². The highest BCUT2D eigenvalue weighted by atomic mass is 32.1. The molecule has 23 heavy (non-hydrogen) atoms. The zero-order chi connectivity index (χ0) is 15.6. The highest BCUT2D eigenvalue weighted by Crippen LogP contribution is 2.35. The van der Waals surface area contributed by atoms with E-state index in [4.69, 9.17) is 4.42 Å². The lowest BCUT2D eigenvalue weighted by molar-refractivity contribution is 0.456. The molecule has 0 aromatic carbocycles. The molecule has 0 fully saturated rings.